The highest BCUT2D eigenvalue weighted by atomic mass is 16.5. The molecule has 1 fully saturated rings. The van der Waals surface area contributed by atoms with Gasteiger partial charge in [-0.3, -0.25) is 4.79 Å². The lowest BCUT2D eigenvalue weighted by Gasteiger charge is -2.14. The van der Waals surface area contributed by atoms with Crippen molar-refractivity contribution in [1.29, 1.82) is 0 Å². The lowest BCUT2D eigenvalue weighted by Crippen LogP contribution is -2.11. The third kappa shape index (κ3) is 23.2. The Morgan fingerprint density at radius 3 is 1.60 bits per heavy atom. The summed E-state index contributed by atoms with van der Waals surface area (Å²) in [6.45, 7) is 12.5. The summed E-state index contributed by atoms with van der Waals surface area (Å²) < 4.78 is 4.94. The molecule has 5 unspecified atom stereocenters. The van der Waals surface area contributed by atoms with Crippen molar-refractivity contribution in [3.05, 3.63) is 265 Å². The van der Waals surface area contributed by atoms with Crippen LogP contribution in [0.2, 0.25) is 0 Å². The number of rotatable bonds is 7. The van der Waals surface area contributed by atoms with Gasteiger partial charge in [0, 0.05) is 59.0 Å². The molecule has 0 spiro atoms. The fourth-order valence-electron chi connectivity index (χ4n) is 9.77. The summed E-state index contributed by atoms with van der Waals surface area (Å²) >= 11 is 0. The van der Waals surface area contributed by atoms with Gasteiger partial charge < -0.3 is 40.5 Å². The van der Waals surface area contributed by atoms with Gasteiger partial charge in [-0.15, -0.1) is 0 Å². The van der Waals surface area contributed by atoms with E-state index < -0.39 is 11.9 Å². The van der Waals surface area contributed by atoms with Crippen LogP contribution in [0.25, 0.3) is 51.9 Å². The second-order valence-electron chi connectivity index (χ2n) is 18.8. The number of aliphatic carboxylic acids is 2. The zero-order valence-electron chi connectivity index (χ0n) is 49.2. The molecule has 0 amide bonds. The number of fused-ring (bicyclic) bond motifs is 6. The van der Waals surface area contributed by atoms with Crippen LogP contribution in [0.5, 0.6) is 5.75 Å². The highest BCUT2D eigenvalue weighted by Crippen LogP contribution is 2.45. The van der Waals surface area contributed by atoms with Crippen LogP contribution < -0.4 is 4.74 Å². The Labute approximate surface area is 496 Å². The molecule has 11 heteroatoms. The van der Waals surface area contributed by atoms with Crippen molar-refractivity contribution >= 4 is 69.8 Å². The number of carbonyl (C=O) groups excluding carboxylic acids is 1. The molecule has 84 heavy (non-hydrogen) atoms. The van der Waals surface area contributed by atoms with Crippen LogP contribution in [-0.2, 0) is 20.8 Å². The topological polar surface area (TPSA) is 202 Å². The van der Waals surface area contributed by atoms with E-state index in [9.17, 15) is 14.4 Å². The number of hydrogen-bond acceptors (Lipinski definition) is 9. The van der Waals surface area contributed by atoms with E-state index >= 15 is 0 Å². The first kappa shape index (κ1) is 71.3. The largest absolute Gasteiger partial charge is 0.481 e. The molecule has 0 radical (unpaired) electrons. The van der Waals surface area contributed by atoms with Crippen LogP contribution in [0.1, 0.15) is 66.0 Å². The molecule has 1 saturated carbocycles. The van der Waals surface area contributed by atoms with Crippen LogP contribution in [0.4, 0.5) is 0 Å². The maximum absolute atomic E-state index is 11.0. The van der Waals surface area contributed by atoms with Gasteiger partial charge in [0.05, 0.1) is 0 Å². The Morgan fingerprint density at radius 2 is 1.11 bits per heavy atom. The number of esters is 1. The molecule has 11 nitrogen and oxygen atoms in total. The van der Waals surface area contributed by atoms with Crippen molar-refractivity contribution in [3.8, 4) is 5.75 Å². The number of benzene rings is 7. The van der Waals surface area contributed by atoms with Crippen LogP contribution in [0.15, 0.2) is 231 Å². The lowest BCUT2D eigenvalue weighted by atomic mass is 9.91. The number of allylic oxidation sites excluding steroid dienone is 6. The van der Waals surface area contributed by atoms with Gasteiger partial charge in [-0.25, -0.2) is 9.59 Å². The first-order valence-corrected chi connectivity index (χ1v) is 27.4. The Hall–Kier alpha value is -8.81. The number of carbonyl (C=O) groups is 3. The summed E-state index contributed by atoms with van der Waals surface area (Å²) in [6.07, 6.45) is 27.6. The van der Waals surface area contributed by atoms with Crippen molar-refractivity contribution in [3.63, 3.8) is 0 Å². The van der Waals surface area contributed by atoms with Gasteiger partial charge in [0.1, 0.15) is 5.75 Å². The highest BCUT2D eigenvalue weighted by Gasteiger charge is 2.36. The maximum atomic E-state index is 11.0. The van der Waals surface area contributed by atoms with Crippen molar-refractivity contribution < 1.29 is 54.9 Å². The minimum absolute atomic E-state index is 0.211. The summed E-state index contributed by atoms with van der Waals surface area (Å²) in [5.74, 6) is 1.10. The molecular formula is C73H84O11. The molecule has 7 aromatic carbocycles. The molecule has 13 rings (SSSR count). The van der Waals surface area contributed by atoms with Crippen LogP contribution in [-0.4, -0.2) is 89.2 Å². The standard InChI is InChI=1S/C12H8.C12H10.C10H10O2.C9H12O2.C9H8.C8H8O2.C8H8.5CH4O/c1-3-9-4-2-6-11-8-7-10(5-1)12(9)11;1-2-10-7-5-8-11-6-3-4-9-12(10)11;1-8(2)10(11)12-9-6-4-3-5-7-9;10-9(11)5-8-4-6-1-2-7(8)3-6;1-2-5-9-7-3-6-8(9)4-1;9-8(10)7-4-5-1-2-6(7)3-5;1-2-8-6-4-3-5-7-8;5*1-2/h1-8H;2-9H,1H2;3-7H,1H2,2H3;1-2,6-8H,3-5H2,(H,10,11);1-6H,7H2;1-2,4-6H,3H2,(H,9,10);2-7H,1H2;5*2H,1H3. The monoisotopic (exact) mass is 1140 g/mol. The molecule has 0 aromatic heterocycles. The smallest absolute Gasteiger partial charge is 0.338 e. The zero-order valence-corrected chi connectivity index (χ0v) is 49.2. The fraction of sp³-hybridized carbons (Fsp3) is 0.219. The average molecular weight is 1140 g/mol. The zero-order chi connectivity index (χ0) is 62.2. The van der Waals surface area contributed by atoms with E-state index in [4.69, 9.17) is 40.5 Å². The second-order valence-corrected chi connectivity index (χ2v) is 18.8. The number of hydrogen-bond donors (Lipinski definition) is 7. The van der Waals surface area contributed by atoms with E-state index in [1.807, 2.05) is 60.7 Å². The van der Waals surface area contributed by atoms with Crippen LogP contribution >= 0.6 is 0 Å². The summed E-state index contributed by atoms with van der Waals surface area (Å²) in [5.41, 5.74) is 8.91. The lowest BCUT2D eigenvalue weighted by molar-refractivity contribution is -0.138. The maximum Gasteiger partial charge on any atom is 0.338 e. The minimum atomic E-state index is -0.753. The van der Waals surface area contributed by atoms with Gasteiger partial charge in [0.15, 0.2) is 0 Å². The summed E-state index contributed by atoms with van der Waals surface area (Å²) in [6, 6.07) is 54.9. The number of ether oxygens (including phenoxy) is 1. The molecular weight excluding hydrogens is 1050 g/mol. The minimum Gasteiger partial charge on any atom is -0.481 e. The SMILES string of the molecule is C1=Cc2cccc3cccc1c23.C1=Cc2ccccc2C1.C=C(C)C(=O)Oc1ccccc1.C=Cc1cccc2ccccc12.C=Cc1ccccc1.CO.CO.CO.CO.CO.O=C(O)C1=CC2C=CC1C2.O=C(O)CC1CC2C=CC1C2. The van der Waals surface area contributed by atoms with Crippen LogP contribution in [0.3, 0.4) is 0 Å². The second kappa shape index (κ2) is 41.2. The van der Waals surface area contributed by atoms with Gasteiger partial charge >= 0.3 is 17.9 Å². The molecule has 6 aliphatic carbocycles. The summed E-state index contributed by atoms with van der Waals surface area (Å²) in [5, 5.41) is 57.5. The first-order valence-electron chi connectivity index (χ1n) is 27.4. The van der Waals surface area contributed by atoms with E-state index in [1.54, 1.807) is 31.2 Å². The number of carboxylic acid groups (broad SMARTS) is 2. The number of aliphatic hydroxyl groups is 5. The van der Waals surface area contributed by atoms with Gasteiger partial charge in [0.25, 0.3) is 0 Å². The van der Waals surface area contributed by atoms with Gasteiger partial charge in [-0.1, -0.05) is 238 Å². The van der Waals surface area contributed by atoms with E-state index in [-0.39, 0.29) is 11.9 Å². The normalized spacial score (nSPS) is 16.5. The highest BCUT2D eigenvalue weighted by molar-refractivity contribution is 6.04. The Morgan fingerprint density at radius 1 is 0.560 bits per heavy atom. The molecule has 0 saturated heterocycles. The third-order valence-electron chi connectivity index (χ3n) is 13.5. The number of aliphatic hydroxyl groups excluding tert-OH is 5. The Kier molecular flexibility index (Phi) is 35.0. The molecule has 442 valence electrons. The van der Waals surface area contributed by atoms with Gasteiger partial charge in [-0.2, -0.15) is 0 Å². The van der Waals surface area contributed by atoms with Crippen molar-refractivity contribution in [2.75, 3.05) is 35.5 Å². The summed E-state index contributed by atoms with van der Waals surface area (Å²) in [7, 11) is 5.00. The first-order chi connectivity index (χ1) is 41.0. The van der Waals surface area contributed by atoms with E-state index in [0.717, 1.165) is 54.8 Å². The Bertz CT molecular complexity index is 3210. The fourth-order valence-corrected chi connectivity index (χ4v) is 9.77. The van der Waals surface area contributed by atoms with E-state index in [2.05, 4.69) is 165 Å². The van der Waals surface area contributed by atoms with Crippen LogP contribution in [0, 0.1) is 29.6 Å². The van der Waals surface area contributed by atoms with E-state index in [1.165, 1.54) is 61.3 Å². The molecule has 6 aliphatic rings. The Balaban J connectivity index is 0.000000327. The van der Waals surface area contributed by atoms with Crippen molar-refractivity contribution in [2.24, 2.45) is 29.6 Å². The molecule has 7 aromatic rings. The predicted molar refractivity (Wildman–Crippen MR) is 348 cm³/mol. The summed E-state index contributed by atoms with van der Waals surface area (Å²) in [4.78, 5) is 31.9. The molecule has 4 bridgehead atoms. The molecule has 5 atom stereocenters. The molecule has 0 aliphatic heterocycles. The predicted octanol–water partition coefficient (Wildman–Crippen LogP) is 14.5. The van der Waals surface area contributed by atoms with Crippen molar-refractivity contribution in [2.45, 2.75) is 39.0 Å². The van der Waals surface area contributed by atoms with Crippen molar-refractivity contribution in [1.82, 2.24) is 0 Å². The molecule has 7 N–H and O–H groups in total. The van der Waals surface area contributed by atoms with Gasteiger partial charge in [-0.05, 0) is 123 Å². The number of carboxylic acids is 2. The third-order valence-corrected chi connectivity index (χ3v) is 13.5. The van der Waals surface area contributed by atoms with E-state index in [0.29, 0.717) is 47.0 Å². The van der Waals surface area contributed by atoms with Gasteiger partial charge in [0.2, 0.25) is 0 Å². The molecule has 0 heterocycles. The number of para-hydroxylation sites is 1. The quantitative estimate of drug-likeness (QED) is 0.0346. The average Bonchev–Trinajstić information content (AvgIpc) is 4.65.